The third-order valence-corrected chi connectivity index (χ3v) is 3.23. The third-order valence-electron chi connectivity index (χ3n) is 3.23. The Morgan fingerprint density at radius 2 is 2.00 bits per heavy atom. The summed E-state index contributed by atoms with van der Waals surface area (Å²) in [4.78, 5) is 12.0. The molecule has 23 heavy (non-hydrogen) atoms. The quantitative estimate of drug-likeness (QED) is 0.805. The first-order chi connectivity index (χ1) is 11.2. The molecule has 5 heteroatoms. The maximum Gasteiger partial charge on any atom is 0.248 e. The van der Waals surface area contributed by atoms with Crippen molar-refractivity contribution < 1.29 is 19.4 Å². The van der Waals surface area contributed by atoms with Gasteiger partial charge in [0.05, 0.1) is 20.8 Å². The van der Waals surface area contributed by atoms with E-state index in [1.807, 2.05) is 6.07 Å². The lowest BCUT2D eigenvalue weighted by Gasteiger charge is -2.07. The van der Waals surface area contributed by atoms with Gasteiger partial charge in [-0.3, -0.25) is 4.79 Å². The summed E-state index contributed by atoms with van der Waals surface area (Å²) in [5, 5.41) is 11.8. The van der Waals surface area contributed by atoms with E-state index >= 15 is 0 Å². The van der Waals surface area contributed by atoms with E-state index < -0.39 is 0 Å². The molecule has 1 amide bonds. The van der Waals surface area contributed by atoms with Crippen LogP contribution >= 0.6 is 0 Å². The number of aliphatic hydroxyl groups excluding tert-OH is 1. The van der Waals surface area contributed by atoms with Crippen LogP contribution in [-0.4, -0.2) is 25.2 Å². The molecule has 0 unspecified atom stereocenters. The lowest BCUT2D eigenvalue weighted by Crippen LogP contribution is -2.08. The summed E-state index contributed by atoms with van der Waals surface area (Å²) < 4.78 is 10.4. The van der Waals surface area contributed by atoms with Crippen LogP contribution in [0.3, 0.4) is 0 Å². The van der Waals surface area contributed by atoms with Crippen LogP contribution in [0, 0.1) is 0 Å². The van der Waals surface area contributed by atoms with E-state index in [1.54, 1.807) is 56.7 Å². The van der Waals surface area contributed by atoms with Gasteiger partial charge in [0.1, 0.15) is 11.5 Å². The molecule has 0 aromatic heterocycles. The van der Waals surface area contributed by atoms with Crippen molar-refractivity contribution in [2.75, 3.05) is 19.5 Å². The van der Waals surface area contributed by atoms with Crippen LogP contribution in [0.1, 0.15) is 11.1 Å². The van der Waals surface area contributed by atoms with E-state index in [9.17, 15) is 4.79 Å². The minimum atomic E-state index is -0.266. The first kappa shape index (κ1) is 16.6. The molecular formula is C18H19NO4. The second-order valence-corrected chi connectivity index (χ2v) is 4.79. The molecule has 2 N–H and O–H groups in total. The number of carbonyl (C=O) groups excluding carboxylic acids is 1. The SMILES string of the molecule is COc1ccc(/C=C/C(=O)Nc2cccc(CO)c2)c(OC)c1. The van der Waals surface area contributed by atoms with Crippen molar-refractivity contribution in [3.63, 3.8) is 0 Å². The van der Waals surface area contributed by atoms with Crippen molar-refractivity contribution in [1.29, 1.82) is 0 Å². The van der Waals surface area contributed by atoms with Gasteiger partial charge in [0.15, 0.2) is 0 Å². The van der Waals surface area contributed by atoms with Crippen molar-refractivity contribution in [3.8, 4) is 11.5 Å². The molecular weight excluding hydrogens is 294 g/mol. The average Bonchev–Trinajstić information content (AvgIpc) is 2.59. The molecule has 0 radical (unpaired) electrons. The fourth-order valence-corrected chi connectivity index (χ4v) is 2.05. The third kappa shape index (κ3) is 4.59. The molecule has 120 valence electrons. The number of hydrogen-bond acceptors (Lipinski definition) is 4. The van der Waals surface area contributed by atoms with Crippen LogP contribution in [0.5, 0.6) is 11.5 Å². The average molecular weight is 313 g/mol. The van der Waals surface area contributed by atoms with Gasteiger partial charge in [-0.25, -0.2) is 0 Å². The Labute approximate surface area is 135 Å². The standard InChI is InChI=1S/C18H19NO4/c1-22-16-8-6-14(17(11-16)23-2)7-9-18(21)19-15-5-3-4-13(10-15)12-20/h3-11,20H,12H2,1-2H3,(H,19,21)/b9-7+. The van der Waals surface area contributed by atoms with Crippen molar-refractivity contribution in [1.82, 2.24) is 0 Å². The summed E-state index contributed by atoms with van der Waals surface area (Å²) in [5.74, 6) is 1.04. The predicted octanol–water partition coefficient (Wildman–Crippen LogP) is 2.85. The van der Waals surface area contributed by atoms with Gasteiger partial charge in [-0.15, -0.1) is 0 Å². The number of nitrogens with one attached hydrogen (secondary N) is 1. The number of methoxy groups -OCH3 is 2. The van der Waals surface area contributed by atoms with Crippen LogP contribution in [0.25, 0.3) is 6.08 Å². The van der Waals surface area contributed by atoms with Gasteiger partial charge in [-0.2, -0.15) is 0 Å². The summed E-state index contributed by atoms with van der Waals surface area (Å²) >= 11 is 0. The molecule has 0 aliphatic heterocycles. The summed E-state index contributed by atoms with van der Waals surface area (Å²) in [6.07, 6.45) is 3.10. The number of hydrogen-bond donors (Lipinski definition) is 2. The minimum absolute atomic E-state index is 0.0669. The van der Waals surface area contributed by atoms with Crippen LogP contribution in [0.4, 0.5) is 5.69 Å². The van der Waals surface area contributed by atoms with Gasteiger partial charge in [0, 0.05) is 23.4 Å². The molecule has 0 bridgehead atoms. The normalized spacial score (nSPS) is 10.6. The molecule has 0 atom stereocenters. The van der Waals surface area contributed by atoms with Gasteiger partial charge in [-0.05, 0) is 35.9 Å². The summed E-state index contributed by atoms with van der Waals surface area (Å²) in [6, 6.07) is 12.4. The highest BCUT2D eigenvalue weighted by molar-refractivity contribution is 6.02. The zero-order valence-electron chi connectivity index (χ0n) is 13.1. The molecule has 0 aliphatic carbocycles. The monoisotopic (exact) mass is 313 g/mol. The van der Waals surface area contributed by atoms with Crippen molar-refractivity contribution in [2.24, 2.45) is 0 Å². The highest BCUT2D eigenvalue weighted by Crippen LogP contribution is 2.25. The Morgan fingerprint density at radius 1 is 1.17 bits per heavy atom. The Morgan fingerprint density at radius 3 is 2.70 bits per heavy atom. The van der Waals surface area contributed by atoms with Crippen molar-refractivity contribution in [2.45, 2.75) is 6.61 Å². The Bertz CT molecular complexity index is 710. The molecule has 0 spiro atoms. The zero-order chi connectivity index (χ0) is 16.7. The number of amides is 1. The van der Waals surface area contributed by atoms with E-state index in [4.69, 9.17) is 14.6 Å². The highest BCUT2D eigenvalue weighted by atomic mass is 16.5. The fourth-order valence-electron chi connectivity index (χ4n) is 2.05. The van der Waals surface area contributed by atoms with Crippen LogP contribution in [0.15, 0.2) is 48.5 Å². The minimum Gasteiger partial charge on any atom is -0.497 e. The lowest BCUT2D eigenvalue weighted by atomic mass is 10.1. The summed E-state index contributed by atoms with van der Waals surface area (Å²) in [5.41, 5.74) is 2.14. The maximum atomic E-state index is 12.0. The van der Waals surface area contributed by atoms with E-state index in [1.165, 1.54) is 6.08 Å². The second-order valence-electron chi connectivity index (χ2n) is 4.79. The highest BCUT2D eigenvalue weighted by Gasteiger charge is 2.04. The molecule has 2 aromatic rings. The van der Waals surface area contributed by atoms with E-state index in [0.717, 1.165) is 11.1 Å². The van der Waals surface area contributed by atoms with Gasteiger partial charge in [0.2, 0.25) is 5.91 Å². The molecule has 5 nitrogen and oxygen atoms in total. The molecule has 0 saturated carbocycles. The van der Waals surface area contributed by atoms with Gasteiger partial charge >= 0.3 is 0 Å². The number of aliphatic hydroxyl groups is 1. The van der Waals surface area contributed by atoms with Crippen molar-refractivity contribution >= 4 is 17.7 Å². The Hall–Kier alpha value is -2.79. The molecule has 2 aromatic carbocycles. The lowest BCUT2D eigenvalue weighted by molar-refractivity contribution is -0.111. The summed E-state index contributed by atoms with van der Waals surface area (Å²) in [6.45, 7) is -0.0669. The number of carbonyl (C=O) groups is 1. The van der Waals surface area contributed by atoms with Gasteiger partial charge in [0.25, 0.3) is 0 Å². The Balaban J connectivity index is 2.08. The van der Waals surface area contributed by atoms with Crippen LogP contribution < -0.4 is 14.8 Å². The Kier molecular flexibility index (Phi) is 5.77. The molecule has 2 rings (SSSR count). The fraction of sp³-hybridized carbons (Fsp3) is 0.167. The van der Waals surface area contributed by atoms with Crippen LogP contribution in [-0.2, 0) is 11.4 Å². The van der Waals surface area contributed by atoms with E-state index in [2.05, 4.69) is 5.32 Å². The topological polar surface area (TPSA) is 67.8 Å². The van der Waals surface area contributed by atoms with Crippen molar-refractivity contribution in [3.05, 3.63) is 59.7 Å². The number of ether oxygens (including phenoxy) is 2. The zero-order valence-corrected chi connectivity index (χ0v) is 13.1. The first-order valence-electron chi connectivity index (χ1n) is 7.07. The van der Waals surface area contributed by atoms with E-state index in [-0.39, 0.29) is 12.5 Å². The summed E-state index contributed by atoms with van der Waals surface area (Å²) in [7, 11) is 3.14. The largest absolute Gasteiger partial charge is 0.497 e. The maximum absolute atomic E-state index is 12.0. The smallest absolute Gasteiger partial charge is 0.248 e. The van der Waals surface area contributed by atoms with Crippen LogP contribution in [0.2, 0.25) is 0 Å². The number of benzene rings is 2. The molecule has 0 heterocycles. The molecule has 0 fully saturated rings. The number of anilines is 1. The molecule has 0 aliphatic rings. The first-order valence-corrected chi connectivity index (χ1v) is 7.07. The number of rotatable bonds is 6. The van der Waals surface area contributed by atoms with Gasteiger partial charge in [-0.1, -0.05) is 12.1 Å². The second kappa shape index (κ2) is 8.00. The van der Waals surface area contributed by atoms with Gasteiger partial charge < -0.3 is 19.9 Å². The predicted molar refractivity (Wildman–Crippen MR) is 89.6 cm³/mol. The molecule has 0 saturated heterocycles. The van der Waals surface area contributed by atoms with E-state index in [0.29, 0.717) is 17.2 Å².